The summed E-state index contributed by atoms with van der Waals surface area (Å²) in [5, 5.41) is 0. The Morgan fingerprint density at radius 1 is 1.04 bits per heavy atom. The van der Waals surface area contributed by atoms with E-state index in [1.807, 2.05) is 19.1 Å². The first-order chi connectivity index (χ1) is 11.4. The van der Waals surface area contributed by atoms with Crippen molar-refractivity contribution in [2.75, 3.05) is 20.8 Å². The quantitative estimate of drug-likeness (QED) is 0.831. The molecule has 0 aliphatic carbocycles. The summed E-state index contributed by atoms with van der Waals surface area (Å²) >= 11 is 0. The lowest BCUT2D eigenvalue weighted by Gasteiger charge is -2.13. The van der Waals surface area contributed by atoms with Crippen LogP contribution in [-0.4, -0.2) is 29.2 Å². The summed E-state index contributed by atoms with van der Waals surface area (Å²) in [7, 11) is -0.548. The lowest BCUT2D eigenvalue weighted by Crippen LogP contribution is -2.26. The molecule has 1 N–H and O–H groups in total. The minimum atomic E-state index is -3.66. The number of benzene rings is 2. The zero-order valence-corrected chi connectivity index (χ0v) is 14.6. The van der Waals surface area contributed by atoms with Gasteiger partial charge in [-0.25, -0.2) is 17.5 Å². The van der Waals surface area contributed by atoms with Crippen molar-refractivity contribution in [3.63, 3.8) is 0 Å². The Labute approximate surface area is 141 Å². The normalized spacial score (nSPS) is 11.3. The van der Waals surface area contributed by atoms with Gasteiger partial charge in [0.1, 0.15) is 5.82 Å². The average molecular weight is 353 g/mol. The third-order valence-corrected chi connectivity index (χ3v) is 5.13. The van der Waals surface area contributed by atoms with E-state index in [1.54, 1.807) is 14.2 Å². The highest BCUT2D eigenvalue weighted by Gasteiger charge is 2.14. The van der Waals surface area contributed by atoms with E-state index in [0.717, 1.165) is 23.3 Å². The number of halogens is 1. The van der Waals surface area contributed by atoms with Crippen LogP contribution in [0.2, 0.25) is 0 Å². The molecule has 0 bridgehead atoms. The number of rotatable bonds is 7. The summed E-state index contributed by atoms with van der Waals surface area (Å²) in [5.74, 6) is 0.750. The van der Waals surface area contributed by atoms with Crippen molar-refractivity contribution in [1.82, 2.24) is 4.72 Å². The van der Waals surface area contributed by atoms with Crippen molar-refractivity contribution in [3.8, 4) is 11.5 Å². The molecule has 24 heavy (non-hydrogen) atoms. The van der Waals surface area contributed by atoms with Gasteiger partial charge in [-0.1, -0.05) is 0 Å². The second-order valence-electron chi connectivity index (χ2n) is 5.24. The van der Waals surface area contributed by atoms with E-state index in [0.29, 0.717) is 17.9 Å². The number of methoxy groups -OCH3 is 2. The van der Waals surface area contributed by atoms with E-state index < -0.39 is 15.8 Å². The number of aryl methyl sites for hydroxylation is 1. The Morgan fingerprint density at radius 2 is 1.62 bits per heavy atom. The molecule has 0 radical (unpaired) electrons. The fourth-order valence-electron chi connectivity index (χ4n) is 2.31. The van der Waals surface area contributed by atoms with Crippen LogP contribution in [0.15, 0.2) is 41.3 Å². The molecule has 2 aromatic rings. The van der Waals surface area contributed by atoms with Crippen LogP contribution in [0.4, 0.5) is 4.39 Å². The predicted octanol–water partition coefficient (Wildman–Crippen LogP) is 2.67. The first-order valence-electron chi connectivity index (χ1n) is 7.34. The Kier molecular flexibility index (Phi) is 5.80. The Bertz CT molecular complexity index is 804. The highest BCUT2D eigenvalue weighted by atomic mass is 32.2. The number of hydrogen-bond acceptors (Lipinski definition) is 4. The van der Waals surface area contributed by atoms with Gasteiger partial charge in [-0.05, 0) is 60.9 Å². The van der Waals surface area contributed by atoms with Gasteiger partial charge in [0.2, 0.25) is 10.0 Å². The minimum Gasteiger partial charge on any atom is -0.493 e. The van der Waals surface area contributed by atoms with Crippen LogP contribution in [0.25, 0.3) is 0 Å². The van der Waals surface area contributed by atoms with E-state index in [-0.39, 0.29) is 11.4 Å². The lowest BCUT2D eigenvalue weighted by molar-refractivity contribution is 0.354. The number of ether oxygens (including phenoxy) is 2. The summed E-state index contributed by atoms with van der Waals surface area (Å²) < 4.78 is 50.2. The molecule has 0 unspecified atom stereocenters. The van der Waals surface area contributed by atoms with E-state index in [4.69, 9.17) is 9.47 Å². The molecule has 0 spiro atoms. The molecule has 2 aromatic carbocycles. The molecule has 0 atom stereocenters. The molecule has 0 amide bonds. The molecule has 130 valence electrons. The molecule has 5 nitrogen and oxygen atoms in total. The second-order valence-corrected chi connectivity index (χ2v) is 7.00. The third-order valence-electron chi connectivity index (χ3n) is 3.65. The van der Waals surface area contributed by atoms with Crippen molar-refractivity contribution in [2.45, 2.75) is 18.2 Å². The Hall–Kier alpha value is -2.12. The fourth-order valence-corrected chi connectivity index (χ4v) is 3.34. The highest BCUT2D eigenvalue weighted by Crippen LogP contribution is 2.30. The zero-order chi connectivity index (χ0) is 17.7. The molecule has 0 aromatic heterocycles. The van der Waals surface area contributed by atoms with Crippen LogP contribution in [0.3, 0.4) is 0 Å². The van der Waals surface area contributed by atoms with Crippen LogP contribution in [0.5, 0.6) is 11.5 Å². The van der Waals surface area contributed by atoms with Gasteiger partial charge in [-0.15, -0.1) is 0 Å². The van der Waals surface area contributed by atoms with E-state index in [2.05, 4.69) is 4.72 Å². The molecular weight excluding hydrogens is 333 g/mol. The van der Waals surface area contributed by atoms with Crippen LogP contribution in [0, 0.1) is 12.7 Å². The first-order valence-corrected chi connectivity index (χ1v) is 8.82. The predicted molar refractivity (Wildman–Crippen MR) is 89.6 cm³/mol. The van der Waals surface area contributed by atoms with Crippen molar-refractivity contribution in [3.05, 3.63) is 53.3 Å². The molecule has 0 heterocycles. The summed E-state index contributed by atoms with van der Waals surface area (Å²) in [6, 6.07) is 8.39. The zero-order valence-electron chi connectivity index (χ0n) is 13.8. The van der Waals surface area contributed by atoms with Gasteiger partial charge in [0.15, 0.2) is 11.5 Å². The highest BCUT2D eigenvalue weighted by molar-refractivity contribution is 7.89. The summed E-state index contributed by atoms with van der Waals surface area (Å²) in [5.41, 5.74) is 1.93. The van der Waals surface area contributed by atoms with Crippen molar-refractivity contribution in [1.29, 1.82) is 0 Å². The van der Waals surface area contributed by atoms with Crippen molar-refractivity contribution < 1.29 is 22.3 Å². The van der Waals surface area contributed by atoms with Gasteiger partial charge in [0, 0.05) is 6.54 Å². The first kappa shape index (κ1) is 18.2. The van der Waals surface area contributed by atoms with Gasteiger partial charge < -0.3 is 9.47 Å². The standard InChI is InChI=1S/C17H20FNO4S/c1-12-10-16(22-2)17(23-3)11-13(12)8-9-19-24(20,21)15-6-4-14(18)5-7-15/h4-7,10-11,19H,8-9H2,1-3H3. The minimum absolute atomic E-state index is 0.0351. The third kappa shape index (κ3) is 4.24. The van der Waals surface area contributed by atoms with E-state index in [9.17, 15) is 12.8 Å². The SMILES string of the molecule is COc1cc(C)c(CCNS(=O)(=O)c2ccc(F)cc2)cc1OC. The van der Waals surface area contributed by atoms with Crippen LogP contribution in [0.1, 0.15) is 11.1 Å². The molecule has 0 aliphatic rings. The van der Waals surface area contributed by atoms with E-state index in [1.165, 1.54) is 12.1 Å². The van der Waals surface area contributed by atoms with Gasteiger partial charge in [0.25, 0.3) is 0 Å². The van der Waals surface area contributed by atoms with Crippen molar-refractivity contribution >= 4 is 10.0 Å². The monoisotopic (exact) mass is 353 g/mol. The molecular formula is C17H20FNO4S. The summed E-state index contributed by atoms with van der Waals surface area (Å²) in [4.78, 5) is 0.0351. The Balaban J connectivity index is 2.07. The maximum atomic E-state index is 12.9. The average Bonchev–Trinajstić information content (AvgIpc) is 2.56. The molecule has 0 fully saturated rings. The Morgan fingerprint density at radius 3 is 2.21 bits per heavy atom. The maximum Gasteiger partial charge on any atom is 0.240 e. The largest absolute Gasteiger partial charge is 0.493 e. The van der Waals surface area contributed by atoms with Gasteiger partial charge >= 0.3 is 0 Å². The fraction of sp³-hybridized carbons (Fsp3) is 0.294. The smallest absolute Gasteiger partial charge is 0.240 e. The van der Waals surface area contributed by atoms with Gasteiger partial charge in [0.05, 0.1) is 19.1 Å². The number of nitrogens with one attached hydrogen (secondary N) is 1. The summed E-state index contributed by atoms with van der Waals surface area (Å²) in [6.07, 6.45) is 0.493. The topological polar surface area (TPSA) is 64.6 Å². The van der Waals surface area contributed by atoms with Gasteiger partial charge in [-0.3, -0.25) is 0 Å². The van der Waals surface area contributed by atoms with E-state index >= 15 is 0 Å². The van der Waals surface area contributed by atoms with Crippen LogP contribution >= 0.6 is 0 Å². The molecule has 0 aliphatic heterocycles. The molecule has 2 rings (SSSR count). The maximum absolute atomic E-state index is 12.9. The second kappa shape index (κ2) is 7.63. The molecule has 0 saturated carbocycles. The molecule has 7 heteroatoms. The lowest BCUT2D eigenvalue weighted by atomic mass is 10.0. The summed E-state index contributed by atoms with van der Waals surface area (Å²) in [6.45, 7) is 2.14. The van der Waals surface area contributed by atoms with Crippen LogP contribution in [-0.2, 0) is 16.4 Å². The number of hydrogen-bond donors (Lipinski definition) is 1. The van der Waals surface area contributed by atoms with Crippen molar-refractivity contribution in [2.24, 2.45) is 0 Å². The van der Waals surface area contributed by atoms with Crippen LogP contribution < -0.4 is 14.2 Å². The van der Waals surface area contributed by atoms with Gasteiger partial charge in [-0.2, -0.15) is 0 Å². The number of sulfonamides is 1. The molecule has 0 saturated heterocycles.